The van der Waals surface area contributed by atoms with Crippen molar-refractivity contribution >= 4 is 0 Å². The first-order valence-electron chi connectivity index (χ1n) is 3.53. The summed E-state index contributed by atoms with van der Waals surface area (Å²) in [4.78, 5) is 0. The van der Waals surface area contributed by atoms with Gasteiger partial charge in [-0.1, -0.05) is 26.5 Å². The summed E-state index contributed by atoms with van der Waals surface area (Å²) in [7, 11) is 1.65. The highest BCUT2D eigenvalue weighted by molar-refractivity contribution is 5.23. The Labute approximate surface area is 63.4 Å². The molecule has 0 saturated heterocycles. The van der Waals surface area contributed by atoms with Crippen molar-refractivity contribution < 1.29 is 4.74 Å². The van der Waals surface area contributed by atoms with Crippen molar-refractivity contribution in [3.63, 3.8) is 0 Å². The third-order valence-electron chi connectivity index (χ3n) is 1.50. The molecular weight excluding hydrogens is 124 g/mol. The molecule has 0 unspecified atom stereocenters. The molecule has 0 rings (SSSR count). The van der Waals surface area contributed by atoms with Crippen LogP contribution in [0.4, 0.5) is 0 Å². The van der Waals surface area contributed by atoms with E-state index in [9.17, 15) is 0 Å². The molecule has 0 radical (unpaired) electrons. The molecule has 1 nitrogen and oxygen atoms in total. The van der Waals surface area contributed by atoms with Crippen LogP contribution in [0.15, 0.2) is 24.0 Å². The molecular formula is C9H16O. The predicted molar refractivity (Wildman–Crippen MR) is 44.7 cm³/mol. The van der Waals surface area contributed by atoms with Gasteiger partial charge in [-0.15, -0.1) is 0 Å². The van der Waals surface area contributed by atoms with Crippen molar-refractivity contribution in [1.82, 2.24) is 0 Å². The van der Waals surface area contributed by atoms with Crippen molar-refractivity contribution in [3.05, 3.63) is 24.0 Å². The lowest BCUT2D eigenvalue weighted by molar-refractivity contribution is 0.296. The monoisotopic (exact) mass is 140 g/mol. The summed E-state index contributed by atoms with van der Waals surface area (Å²) in [5, 5.41) is 0. The van der Waals surface area contributed by atoms with Gasteiger partial charge in [0.05, 0.1) is 7.11 Å². The van der Waals surface area contributed by atoms with Crippen LogP contribution in [0.25, 0.3) is 0 Å². The van der Waals surface area contributed by atoms with Gasteiger partial charge in [-0.05, 0) is 18.4 Å². The van der Waals surface area contributed by atoms with Crippen LogP contribution in [-0.4, -0.2) is 7.11 Å². The van der Waals surface area contributed by atoms with Gasteiger partial charge in [-0.25, -0.2) is 0 Å². The third-order valence-corrected chi connectivity index (χ3v) is 1.50. The first-order chi connectivity index (χ1) is 4.63. The van der Waals surface area contributed by atoms with Crippen molar-refractivity contribution in [2.75, 3.05) is 7.11 Å². The Morgan fingerprint density at radius 3 is 2.10 bits per heavy atom. The van der Waals surface area contributed by atoms with Crippen LogP contribution in [-0.2, 0) is 4.74 Å². The van der Waals surface area contributed by atoms with E-state index in [-0.39, 0.29) is 0 Å². The van der Waals surface area contributed by atoms with E-state index in [2.05, 4.69) is 20.4 Å². The smallest absolute Gasteiger partial charge is 0.114 e. The molecule has 0 aliphatic rings. The van der Waals surface area contributed by atoms with E-state index in [4.69, 9.17) is 4.74 Å². The molecule has 0 fully saturated rings. The maximum Gasteiger partial charge on any atom is 0.114 e. The molecule has 0 atom stereocenters. The molecule has 0 spiro atoms. The number of hydrogen-bond donors (Lipinski definition) is 0. The van der Waals surface area contributed by atoms with Crippen LogP contribution in [0, 0.1) is 5.92 Å². The van der Waals surface area contributed by atoms with Gasteiger partial charge >= 0.3 is 0 Å². The third kappa shape index (κ3) is 2.26. The number of methoxy groups -OCH3 is 1. The molecule has 58 valence electrons. The molecule has 0 saturated carbocycles. The Kier molecular flexibility index (Phi) is 3.85. The lowest BCUT2D eigenvalue weighted by atomic mass is 10.0. The Balaban J connectivity index is 4.24. The zero-order valence-corrected chi connectivity index (χ0v) is 7.27. The highest BCUT2D eigenvalue weighted by atomic mass is 16.5. The predicted octanol–water partition coefficient (Wildman–Crippen LogP) is 2.75. The Morgan fingerprint density at radius 2 is 2.00 bits per heavy atom. The standard InChI is InChI=1S/C9H16O/c1-6-9(7(2)3)8(4)10-5/h6-7H,4H2,1-3,5H3/b9-6-. The van der Waals surface area contributed by atoms with Gasteiger partial charge < -0.3 is 4.74 Å². The van der Waals surface area contributed by atoms with Gasteiger partial charge in [0.1, 0.15) is 5.76 Å². The van der Waals surface area contributed by atoms with E-state index in [1.165, 1.54) is 5.57 Å². The summed E-state index contributed by atoms with van der Waals surface area (Å²) in [5.74, 6) is 1.27. The van der Waals surface area contributed by atoms with E-state index in [0.717, 1.165) is 5.76 Å². The lowest BCUT2D eigenvalue weighted by Crippen LogP contribution is -1.98. The molecule has 0 aromatic rings. The molecule has 0 amide bonds. The maximum absolute atomic E-state index is 5.00. The first kappa shape index (κ1) is 9.28. The lowest BCUT2D eigenvalue weighted by Gasteiger charge is -2.11. The molecule has 0 aliphatic heterocycles. The van der Waals surface area contributed by atoms with Gasteiger partial charge in [0, 0.05) is 0 Å². The fraction of sp³-hybridized carbons (Fsp3) is 0.556. The Bertz CT molecular complexity index is 143. The van der Waals surface area contributed by atoms with E-state index in [1.807, 2.05) is 13.0 Å². The minimum absolute atomic E-state index is 0.498. The number of rotatable bonds is 3. The van der Waals surface area contributed by atoms with Crippen LogP contribution in [0.1, 0.15) is 20.8 Å². The quantitative estimate of drug-likeness (QED) is 0.432. The second kappa shape index (κ2) is 4.15. The van der Waals surface area contributed by atoms with Gasteiger partial charge in [-0.2, -0.15) is 0 Å². The zero-order valence-electron chi connectivity index (χ0n) is 7.27. The molecule has 0 bridgehead atoms. The molecule has 0 heterocycles. The fourth-order valence-electron chi connectivity index (χ4n) is 0.934. The average molecular weight is 140 g/mol. The molecule has 10 heavy (non-hydrogen) atoms. The number of ether oxygens (including phenoxy) is 1. The minimum atomic E-state index is 0.498. The van der Waals surface area contributed by atoms with E-state index in [0.29, 0.717) is 5.92 Å². The number of allylic oxidation sites excluding steroid dienone is 2. The SMILES string of the molecule is C=C(OC)/C(=C\C)C(C)C. The maximum atomic E-state index is 5.00. The summed E-state index contributed by atoms with van der Waals surface area (Å²) in [6, 6.07) is 0. The molecule has 1 heteroatoms. The van der Waals surface area contributed by atoms with Gasteiger partial charge in [-0.3, -0.25) is 0 Å². The van der Waals surface area contributed by atoms with Gasteiger partial charge in [0.25, 0.3) is 0 Å². The minimum Gasteiger partial charge on any atom is -0.497 e. The highest BCUT2D eigenvalue weighted by Crippen LogP contribution is 2.17. The molecule has 0 aromatic carbocycles. The van der Waals surface area contributed by atoms with Crippen molar-refractivity contribution in [3.8, 4) is 0 Å². The topological polar surface area (TPSA) is 9.23 Å². The average Bonchev–Trinajstić information content (AvgIpc) is 1.88. The van der Waals surface area contributed by atoms with Crippen LogP contribution in [0.5, 0.6) is 0 Å². The van der Waals surface area contributed by atoms with Crippen LogP contribution >= 0.6 is 0 Å². The summed E-state index contributed by atoms with van der Waals surface area (Å²) in [6.45, 7) is 10.0. The summed E-state index contributed by atoms with van der Waals surface area (Å²) in [6.07, 6.45) is 2.04. The molecule has 0 aliphatic carbocycles. The Morgan fingerprint density at radius 1 is 1.50 bits per heavy atom. The highest BCUT2D eigenvalue weighted by Gasteiger charge is 2.04. The van der Waals surface area contributed by atoms with Crippen LogP contribution in [0.3, 0.4) is 0 Å². The van der Waals surface area contributed by atoms with Crippen molar-refractivity contribution in [2.24, 2.45) is 5.92 Å². The van der Waals surface area contributed by atoms with Gasteiger partial charge in [0.15, 0.2) is 0 Å². The Hall–Kier alpha value is -0.720. The van der Waals surface area contributed by atoms with E-state index >= 15 is 0 Å². The van der Waals surface area contributed by atoms with Crippen molar-refractivity contribution in [1.29, 1.82) is 0 Å². The summed E-state index contributed by atoms with van der Waals surface area (Å²) in [5.41, 5.74) is 1.18. The number of hydrogen-bond acceptors (Lipinski definition) is 1. The van der Waals surface area contributed by atoms with Crippen LogP contribution in [0.2, 0.25) is 0 Å². The molecule has 0 N–H and O–H groups in total. The van der Waals surface area contributed by atoms with E-state index < -0.39 is 0 Å². The van der Waals surface area contributed by atoms with Crippen LogP contribution < -0.4 is 0 Å². The van der Waals surface area contributed by atoms with Crippen molar-refractivity contribution in [2.45, 2.75) is 20.8 Å². The summed E-state index contributed by atoms with van der Waals surface area (Å²) >= 11 is 0. The van der Waals surface area contributed by atoms with E-state index in [1.54, 1.807) is 7.11 Å². The largest absolute Gasteiger partial charge is 0.497 e. The first-order valence-corrected chi connectivity index (χ1v) is 3.53. The fourth-order valence-corrected chi connectivity index (χ4v) is 0.934. The van der Waals surface area contributed by atoms with Gasteiger partial charge in [0.2, 0.25) is 0 Å². The second-order valence-electron chi connectivity index (χ2n) is 2.53. The summed E-state index contributed by atoms with van der Waals surface area (Å²) < 4.78 is 5.00. The zero-order chi connectivity index (χ0) is 8.15. The second-order valence-corrected chi connectivity index (χ2v) is 2.53. The normalized spacial score (nSPS) is 11.9. The molecule has 0 aromatic heterocycles.